The number of piperidine rings is 1. The van der Waals surface area contributed by atoms with Gasteiger partial charge in [0.25, 0.3) is 0 Å². The van der Waals surface area contributed by atoms with Gasteiger partial charge in [0, 0.05) is 18.6 Å². The average Bonchev–Trinajstić information content (AvgIpc) is 3.09. The number of aromatic nitrogens is 2. The van der Waals surface area contributed by atoms with Crippen LogP contribution in [0.5, 0.6) is 0 Å². The van der Waals surface area contributed by atoms with Crippen molar-refractivity contribution in [3.8, 4) is 0 Å². The van der Waals surface area contributed by atoms with E-state index in [1.54, 1.807) is 0 Å². The molecule has 0 spiro atoms. The first-order valence-corrected chi connectivity index (χ1v) is 8.16. The van der Waals surface area contributed by atoms with Crippen LogP contribution in [0.4, 0.5) is 0 Å². The van der Waals surface area contributed by atoms with Crippen LogP contribution >= 0.6 is 11.6 Å². The topological polar surface area (TPSA) is 21.1 Å². The maximum Gasteiger partial charge on any atom is 0.125 e. The highest BCUT2D eigenvalue weighted by atomic mass is 35.5. The molecule has 0 aliphatic carbocycles. The van der Waals surface area contributed by atoms with Crippen molar-refractivity contribution < 1.29 is 0 Å². The van der Waals surface area contributed by atoms with Gasteiger partial charge in [-0.25, -0.2) is 4.98 Å². The molecule has 2 aliphatic heterocycles. The van der Waals surface area contributed by atoms with Crippen LogP contribution in [-0.2, 0) is 5.88 Å². The summed E-state index contributed by atoms with van der Waals surface area (Å²) in [6, 6.07) is 9.76. The second-order valence-electron chi connectivity index (χ2n) is 6.03. The van der Waals surface area contributed by atoms with Crippen molar-refractivity contribution in [2.24, 2.45) is 0 Å². The number of fused-ring (bicyclic) bond motifs is 2. The SMILES string of the molecule is ClCc1nc2ccccc2n1C1CCN2CCCC2C1. The Morgan fingerprint density at radius 3 is 2.95 bits per heavy atom. The molecule has 0 radical (unpaired) electrons. The smallest absolute Gasteiger partial charge is 0.125 e. The van der Waals surface area contributed by atoms with Gasteiger partial charge in [-0.2, -0.15) is 0 Å². The molecule has 2 atom stereocenters. The molecule has 2 aliphatic rings. The van der Waals surface area contributed by atoms with Crippen molar-refractivity contribution in [2.75, 3.05) is 13.1 Å². The van der Waals surface area contributed by atoms with E-state index in [4.69, 9.17) is 16.6 Å². The second kappa shape index (κ2) is 5.05. The van der Waals surface area contributed by atoms with Gasteiger partial charge in [0.2, 0.25) is 0 Å². The van der Waals surface area contributed by atoms with Gasteiger partial charge in [-0.05, 0) is 44.4 Å². The molecule has 2 fully saturated rings. The number of halogens is 1. The summed E-state index contributed by atoms with van der Waals surface area (Å²) in [5, 5.41) is 0. The van der Waals surface area contributed by atoms with E-state index in [1.165, 1.54) is 44.3 Å². The number of nitrogens with zero attached hydrogens (tertiary/aromatic N) is 3. The van der Waals surface area contributed by atoms with Gasteiger partial charge in [0.05, 0.1) is 16.9 Å². The number of imidazole rings is 1. The van der Waals surface area contributed by atoms with Crippen LogP contribution in [0.2, 0.25) is 0 Å². The van der Waals surface area contributed by atoms with Crippen LogP contribution in [0.3, 0.4) is 0 Å². The molecule has 1 aromatic heterocycles. The van der Waals surface area contributed by atoms with E-state index < -0.39 is 0 Å². The third-order valence-electron chi connectivity index (χ3n) is 4.95. The number of hydrogen-bond acceptors (Lipinski definition) is 2. The highest BCUT2D eigenvalue weighted by Crippen LogP contribution is 2.35. The maximum absolute atomic E-state index is 6.14. The number of hydrogen-bond donors (Lipinski definition) is 0. The van der Waals surface area contributed by atoms with Crippen LogP contribution in [0, 0.1) is 0 Å². The van der Waals surface area contributed by atoms with Crippen molar-refractivity contribution in [3.63, 3.8) is 0 Å². The number of benzene rings is 1. The Kier molecular flexibility index (Phi) is 3.20. The van der Waals surface area contributed by atoms with Crippen molar-refractivity contribution in [1.29, 1.82) is 0 Å². The number of para-hydroxylation sites is 2. The predicted molar refractivity (Wildman–Crippen MR) is 82.2 cm³/mol. The monoisotopic (exact) mass is 289 g/mol. The van der Waals surface area contributed by atoms with Crippen LogP contribution < -0.4 is 0 Å². The predicted octanol–water partition coefficient (Wildman–Crippen LogP) is 3.57. The van der Waals surface area contributed by atoms with Gasteiger partial charge in [-0.15, -0.1) is 11.6 Å². The molecule has 4 rings (SSSR count). The van der Waals surface area contributed by atoms with Gasteiger partial charge >= 0.3 is 0 Å². The minimum absolute atomic E-state index is 0.500. The molecule has 0 saturated carbocycles. The largest absolute Gasteiger partial charge is 0.324 e. The summed E-state index contributed by atoms with van der Waals surface area (Å²) in [6.45, 7) is 2.52. The lowest BCUT2D eigenvalue weighted by Gasteiger charge is -2.36. The van der Waals surface area contributed by atoms with Crippen molar-refractivity contribution >= 4 is 22.6 Å². The second-order valence-corrected chi connectivity index (χ2v) is 6.30. The van der Waals surface area contributed by atoms with Gasteiger partial charge in [0.1, 0.15) is 5.82 Å². The molecule has 1 aromatic carbocycles. The molecule has 2 saturated heterocycles. The van der Waals surface area contributed by atoms with E-state index in [1.807, 2.05) is 0 Å². The van der Waals surface area contributed by atoms with E-state index in [0.717, 1.165) is 17.4 Å². The molecule has 2 aromatic rings. The molecule has 4 heteroatoms. The number of rotatable bonds is 2. The summed E-state index contributed by atoms with van der Waals surface area (Å²) >= 11 is 6.14. The summed E-state index contributed by atoms with van der Waals surface area (Å²) in [6.07, 6.45) is 5.20. The zero-order chi connectivity index (χ0) is 13.5. The fourth-order valence-corrected chi connectivity index (χ4v) is 4.22. The van der Waals surface area contributed by atoms with Crippen molar-refractivity contribution in [1.82, 2.24) is 14.5 Å². The van der Waals surface area contributed by atoms with Gasteiger partial charge in [-0.3, -0.25) is 0 Å². The molecule has 106 valence electrons. The summed E-state index contributed by atoms with van der Waals surface area (Å²) in [7, 11) is 0. The van der Waals surface area contributed by atoms with Gasteiger partial charge < -0.3 is 9.47 Å². The van der Waals surface area contributed by atoms with E-state index in [-0.39, 0.29) is 0 Å². The Balaban J connectivity index is 1.73. The summed E-state index contributed by atoms with van der Waals surface area (Å²) < 4.78 is 2.41. The zero-order valence-corrected chi connectivity index (χ0v) is 12.4. The molecule has 0 amide bonds. The quantitative estimate of drug-likeness (QED) is 0.788. The van der Waals surface area contributed by atoms with Gasteiger partial charge in [-0.1, -0.05) is 12.1 Å². The molecular formula is C16H20ClN3. The fraction of sp³-hybridized carbons (Fsp3) is 0.562. The highest BCUT2D eigenvalue weighted by Gasteiger charge is 2.33. The van der Waals surface area contributed by atoms with E-state index in [0.29, 0.717) is 11.9 Å². The van der Waals surface area contributed by atoms with Crippen LogP contribution in [0.15, 0.2) is 24.3 Å². The maximum atomic E-state index is 6.14. The third kappa shape index (κ3) is 1.95. The standard InChI is InChI=1S/C16H20ClN3/c17-11-16-18-14-5-1-2-6-15(14)20(16)13-7-9-19-8-3-4-12(19)10-13/h1-2,5-6,12-13H,3-4,7-11H2. The van der Waals surface area contributed by atoms with Gasteiger partial charge in [0.15, 0.2) is 0 Å². The van der Waals surface area contributed by atoms with Crippen LogP contribution in [-0.4, -0.2) is 33.6 Å². The average molecular weight is 290 g/mol. The summed E-state index contributed by atoms with van der Waals surface area (Å²) in [4.78, 5) is 7.37. The van der Waals surface area contributed by atoms with Crippen molar-refractivity contribution in [2.45, 2.75) is 43.6 Å². The molecule has 2 unspecified atom stereocenters. The first-order chi connectivity index (χ1) is 9.86. The third-order valence-corrected chi connectivity index (χ3v) is 5.19. The Hall–Kier alpha value is -1.06. The van der Waals surface area contributed by atoms with E-state index >= 15 is 0 Å². The minimum atomic E-state index is 0.500. The van der Waals surface area contributed by atoms with E-state index in [9.17, 15) is 0 Å². The fourth-order valence-electron chi connectivity index (χ4n) is 4.03. The Morgan fingerprint density at radius 1 is 1.15 bits per heavy atom. The Morgan fingerprint density at radius 2 is 2.05 bits per heavy atom. The molecule has 0 N–H and O–H groups in total. The Labute approximate surface area is 124 Å². The lowest BCUT2D eigenvalue weighted by molar-refractivity contribution is 0.156. The van der Waals surface area contributed by atoms with Crippen LogP contribution in [0.25, 0.3) is 11.0 Å². The van der Waals surface area contributed by atoms with Crippen molar-refractivity contribution in [3.05, 3.63) is 30.1 Å². The molecule has 3 heterocycles. The first-order valence-electron chi connectivity index (χ1n) is 7.62. The highest BCUT2D eigenvalue weighted by molar-refractivity contribution is 6.16. The summed E-state index contributed by atoms with van der Waals surface area (Å²) in [5.41, 5.74) is 2.33. The molecule has 20 heavy (non-hydrogen) atoms. The Bertz CT molecular complexity index is 621. The van der Waals surface area contributed by atoms with Crippen LogP contribution in [0.1, 0.15) is 37.5 Å². The lowest BCUT2D eigenvalue weighted by Crippen LogP contribution is -2.38. The normalized spacial score (nSPS) is 27.1. The van der Waals surface area contributed by atoms with E-state index in [2.05, 4.69) is 33.7 Å². The molecule has 0 bridgehead atoms. The number of alkyl halides is 1. The molecular weight excluding hydrogens is 270 g/mol. The summed E-state index contributed by atoms with van der Waals surface area (Å²) in [5.74, 6) is 1.53. The zero-order valence-electron chi connectivity index (χ0n) is 11.6. The minimum Gasteiger partial charge on any atom is -0.324 e. The molecule has 3 nitrogen and oxygen atoms in total. The lowest BCUT2D eigenvalue weighted by atomic mass is 9.97. The first kappa shape index (κ1) is 12.7.